The van der Waals surface area contributed by atoms with E-state index in [9.17, 15) is 5.11 Å². The van der Waals surface area contributed by atoms with E-state index in [-0.39, 0.29) is 0 Å². The minimum atomic E-state index is -0.907. The zero-order valence-corrected chi connectivity index (χ0v) is 14.5. The van der Waals surface area contributed by atoms with E-state index >= 15 is 0 Å². The summed E-state index contributed by atoms with van der Waals surface area (Å²) in [5, 5.41) is 11.5. The van der Waals surface area contributed by atoms with Crippen LogP contribution in [0.5, 0.6) is 11.5 Å². The average molecular weight is 348 g/mol. The third-order valence-electron chi connectivity index (χ3n) is 4.16. The minimum Gasteiger partial charge on any atom is -0.457 e. The van der Waals surface area contributed by atoms with Gasteiger partial charge in [-0.25, -0.2) is 0 Å². The molecule has 2 aromatic carbocycles. The van der Waals surface area contributed by atoms with Gasteiger partial charge in [0, 0.05) is 24.7 Å². The van der Waals surface area contributed by atoms with Gasteiger partial charge >= 0.3 is 0 Å². The van der Waals surface area contributed by atoms with Crippen molar-refractivity contribution in [3.63, 3.8) is 0 Å². The molecule has 1 fully saturated rings. The molecule has 5 heteroatoms. The molecule has 1 saturated heterocycles. The van der Waals surface area contributed by atoms with E-state index in [1.807, 2.05) is 43.3 Å². The number of ether oxygens (including phenoxy) is 2. The third kappa shape index (κ3) is 4.48. The highest BCUT2D eigenvalue weighted by molar-refractivity contribution is 6.30. The Labute approximate surface area is 147 Å². The number of hydrogen-bond donors (Lipinski definition) is 1. The molecule has 0 amide bonds. The molecule has 128 valence electrons. The van der Waals surface area contributed by atoms with Crippen LogP contribution in [0.3, 0.4) is 0 Å². The van der Waals surface area contributed by atoms with Crippen molar-refractivity contribution >= 4 is 11.6 Å². The fourth-order valence-corrected chi connectivity index (χ4v) is 2.93. The number of morpholine rings is 1. The van der Waals surface area contributed by atoms with Crippen molar-refractivity contribution in [3.05, 3.63) is 59.1 Å². The first kappa shape index (κ1) is 17.2. The van der Waals surface area contributed by atoms with E-state index in [2.05, 4.69) is 4.90 Å². The number of nitrogens with zero attached hydrogens (tertiary/aromatic N) is 1. The van der Waals surface area contributed by atoms with Crippen molar-refractivity contribution in [2.24, 2.45) is 0 Å². The number of halogens is 1. The highest BCUT2D eigenvalue weighted by atomic mass is 35.5. The smallest absolute Gasteiger partial charge is 0.127 e. The maximum absolute atomic E-state index is 10.8. The van der Waals surface area contributed by atoms with Gasteiger partial charge in [0.05, 0.1) is 18.8 Å². The Hall–Kier alpha value is -1.59. The molecule has 0 radical (unpaired) electrons. The normalized spacial score (nSPS) is 18.1. The maximum atomic E-state index is 10.8. The molecular weight excluding hydrogens is 326 g/mol. The fraction of sp³-hybridized carbons (Fsp3) is 0.368. The van der Waals surface area contributed by atoms with Gasteiger partial charge in [-0.05, 0) is 48.9 Å². The molecule has 0 saturated carbocycles. The number of hydrogen-bond acceptors (Lipinski definition) is 4. The van der Waals surface area contributed by atoms with Gasteiger partial charge in [0.25, 0.3) is 0 Å². The number of β-amino-alcohol motifs (C(OH)–C–C–N with tert-alkyl or cyclic N) is 1. The summed E-state index contributed by atoms with van der Waals surface area (Å²) >= 11 is 5.87. The molecule has 24 heavy (non-hydrogen) atoms. The summed E-state index contributed by atoms with van der Waals surface area (Å²) in [6, 6.07) is 14.8. The van der Waals surface area contributed by atoms with Crippen molar-refractivity contribution in [2.45, 2.75) is 12.5 Å². The Morgan fingerprint density at radius 1 is 1.04 bits per heavy atom. The van der Waals surface area contributed by atoms with Crippen molar-refractivity contribution in [1.82, 2.24) is 4.90 Å². The molecule has 0 bridgehead atoms. The van der Waals surface area contributed by atoms with Gasteiger partial charge in [0.2, 0.25) is 0 Å². The molecule has 4 nitrogen and oxygen atoms in total. The van der Waals surface area contributed by atoms with Crippen LogP contribution in [-0.4, -0.2) is 42.9 Å². The van der Waals surface area contributed by atoms with E-state index < -0.39 is 5.60 Å². The third-order valence-corrected chi connectivity index (χ3v) is 4.41. The summed E-state index contributed by atoms with van der Waals surface area (Å²) in [7, 11) is 0. The fourth-order valence-electron chi connectivity index (χ4n) is 2.81. The summed E-state index contributed by atoms with van der Waals surface area (Å²) in [6.45, 7) is 5.60. The van der Waals surface area contributed by atoms with Crippen LogP contribution >= 0.6 is 11.6 Å². The van der Waals surface area contributed by atoms with Crippen LogP contribution in [0.25, 0.3) is 0 Å². The lowest BCUT2D eigenvalue weighted by Gasteiger charge is -2.34. The predicted octanol–water partition coefficient (Wildman–Crippen LogP) is 3.67. The summed E-state index contributed by atoms with van der Waals surface area (Å²) < 4.78 is 11.1. The van der Waals surface area contributed by atoms with Gasteiger partial charge in [0.15, 0.2) is 0 Å². The first-order valence-corrected chi connectivity index (χ1v) is 8.47. The summed E-state index contributed by atoms with van der Waals surface area (Å²) in [4.78, 5) is 2.22. The minimum absolute atomic E-state index is 0.591. The van der Waals surface area contributed by atoms with Crippen molar-refractivity contribution in [2.75, 3.05) is 32.8 Å². The number of aliphatic hydroxyl groups is 1. The first-order chi connectivity index (χ1) is 11.5. The molecule has 3 rings (SSSR count). The van der Waals surface area contributed by atoms with Crippen molar-refractivity contribution < 1.29 is 14.6 Å². The van der Waals surface area contributed by atoms with Crippen LogP contribution in [-0.2, 0) is 10.3 Å². The van der Waals surface area contributed by atoms with Crippen molar-refractivity contribution in [3.8, 4) is 11.5 Å². The molecule has 0 aromatic heterocycles. The Morgan fingerprint density at radius 2 is 1.58 bits per heavy atom. The quantitative estimate of drug-likeness (QED) is 0.896. The molecule has 1 unspecified atom stereocenters. The van der Waals surface area contributed by atoms with Gasteiger partial charge < -0.3 is 14.6 Å². The summed E-state index contributed by atoms with van der Waals surface area (Å²) in [6.07, 6.45) is 0. The van der Waals surface area contributed by atoms with Crippen LogP contribution in [0, 0.1) is 0 Å². The van der Waals surface area contributed by atoms with Gasteiger partial charge in [-0.3, -0.25) is 4.90 Å². The lowest BCUT2D eigenvalue weighted by Crippen LogP contribution is -2.44. The Balaban J connectivity index is 1.65. The highest BCUT2D eigenvalue weighted by Gasteiger charge is 2.27. The number of rotatable bonds is 5. The second-order valence-electron chi connectivity index (χ2n) is 6.24. The van der Waals surface area contributed by atoms with Gasteiger partial charge in [-0.1, -0.05) is 23.7 Å². The van der Waals surface area contributed by atoms with Crippen LogP contribution in [0.15, 0.2) is 48.5 Å². The van der Waals surface area contributed by atoms with Crippen LogP contribution in [0.1, 0.15) is 12.5 Å². The van der Waals surface area contributed by atoms with Gasteiger partial charge in [-0.2, -0.15) is 0 Å². The molecule has 1 atom stereocenters. The molecule has 1 aliphatic heterocycles. The van der Waals surface area contributed by atoms with E-state index in [1.165, 1.54) is 0 Å². The maximum Gasteiger partial charge on any atom is 0.127 e. The lowest BCUT2D eigenvalue weighted by molar-refractivity contribution is -0.0254. The monoisotopic (exact) mass is 347 g/mol. The van der Waals surface area contributed by atoms with E-state index in [0.717, 1.165) is 43.4 Å². The summed E-state index contributed by atoms with van der Waals surface area (Å²) in [5.74, 6) is 1.45. The van der Waals surface area contributed by atoms with E-state index in [4.69, 9.17) is 21.1 Å². The van der Waals surface area contributed by atoms with Gasteiger partial charge in [-0.15, -0.1) is 0 Å². The SMILES string of the molecule is CC(O)(CN1CCOCC1)c1ccc(Oc2ccc(Cl)cc2)cc1. The molecule has 0 aliphatic carbocycles. The number of benzene rings is 2. The van der Waals surface area contributed by atoms with Gasteiger partial charge in [0.1, 0.15) is 11.5 Å². The Kier molecular flexibility index (Phi) is 5.41. The molecule has 2 aromatic rings. The topological polar surface area (TPSA) is 41.9 Å². The highest BCUT2D eigenvalue weighted by Crippen LogP contribution is 2.27. The van der Waals surface area contributed by atoms with Crippen LogP contribution < -0.4 is 4.74 Å². The second kappa shape index (κ2) is 7.53. The van der Waals surface area contributed by atoms with E-state index in [1.54, 1.807) is 12.1 Å². The second-order valence-corrected chi connectivity index (χ2v) is 6.68. The summed E-state index contributed by atoms with van der Waals surface area (Å²) in [5.41, 5.74) is -0.0340. The van der Waals surface area contributed by atoms with Crippen LogP contribution in [0.2, 0.25) is 5.02 Å². The van der Waals surface area contributed by atoms with Crippen molar-refractivity contribution in [1.29, 1.82) is 0 Å². The Morgan fingerprint density at radius 3 is 2.17 bits per heavy atom. The molecule has 0 spiro atoms. The molecule has 1 heterocycles. The average Bonchev–Trinajstić information content (AvgIpc) is 2.58. The molecule has 1 N–H and O–H groups in total. The zero-order valence-electron chi connectivity index (χ0n) is 13.7. The zero-order chi connectivity index (χ0) is 17.0. The first-order valence-electron chi connectivity index (χ1n) is 8.09. The molecular formula is C19H22ClNO3. The van der Waals surface area contributed by atoms with Crippen LogP contribution in [0.4, 0.5) is 0 Å². The predicted molar refractivity (Wildman–Crippen MR) is 94.8 cm³/mol. The lowest BCUT2D eigenvalue weighted by atomic mass is 9.95. The Bertz CT molecular complexity index is 649. The molecule has 1 aliphatic rings. The largest absolute Gasteiger partial charge is 0.457 e. The standard InChI is InChI=1S/C19H22ClNO3/c1-19(22,14-21-10-12-23-13-11-21)15-2-6-17(7-3-15)24-18-8-4-16(20)5-9-18/h2-9,22H,10-14H2,1H3. The van der Waals surface area contributed by atoms with E-state index in [0.29, 0.717) is 11.6 Å².